The Balaban J connectivity index is 0.00000364. The van der Waals surface area contributed by atoms with Crippen LogP contribution in [0.1, 0.15) is 37.4 Å². The first-order valence-electron chi connectivity index (χ1n) is 8.72. The van der Waals surface area contributed by atoms with Crippen LogP contribution in [0.25, 0.3) is 0 Å². The van der Waals surface area contributed by atoms with Gasteiger partial charge in [-0.3, -0.25) is 0 Å². The predicted octanol–water partition coefficient (Wildman–Crippen LogP) is 3.06. The Bertz CT molecular complexity index is 771. The molecule has 2 rings (SSSR count). The van der Waals surface area contributed by atoms with Crippen molar-refractivity contribution in [2.75, 3.05) is 12.8 Å². The summed E-state index contributed by atoms with van der Waals surface area (Å²) in [5, 5.41) is 3.40. The second kappa shape index (κ2) is 11.2. The molecule has 1 unspecified atom stereocenters. The highest BCUT2D eigenvalue weighted by molar-refractivity contribution is 7.88. The SMILES string of the molecule is CCC(CNCc1ccc([C@@H](C)NS(C)(=O)=O)cc1)Oc1ccccn1.Cl. The number of rotatable bonds is 10. The van der Waals surface area contributed by atoms with E-state index in [1.54, 1.807) is 6.20 Å². The van der Waals surface area contributed by atoms with E-state index in [2.05, 4.69) is 21.9 Å². The topological polar surface area (TPSA) is 80.3 Å². The van der Waals surface area contributed by atoms with Crippen molar-refractivity contribution in [1.29, 1.82) is 0 Å². The van der Waals surface area contributed by atoms with Gasteiger partial charge in [-0.05, 0) is 30.5 Å². The van der Waals surface area contributed by atoms with Gasteiger partial charge in [-0.25, -0.2) is 18.1 Å². The van der Waals surface area contributed by atoms with Gasteiger partial charge in [0, 0.05) is 31.4 Å². The van der Waals surface area contributed by atoms with Crippen LogP contribution in [0.5, 0.6) is 5.88 Å². The molecule has 0 bridgehead atoms. The van der Waals surface area contributed by atoms with Crippen LogP contribution in [0.4, 0.5) is 0 Å². The standard InChI is InChI=1S/C19H27N3O3S.ClH/c1-4-18(25-19-7-5-6-12-21-19)14-20-13-16-8-10-17(11-9-16)15(2)22-26(3,23)24;/h5-12,15,18,20,22H,4,13-14H2,1-3H3;1H/t15-,18?;/m1./s1. The summed E-state index contributed by atoms with van der Waals surface area (Å²) < 4.78 is 31.1. The molecule has 2 N–H and O–H groups in total. The lowest BCUT2D eigenvalue weighted by Gasteiger charge is -2.17. The van der Waals surface area contributed by atoms with Crippen LogP contribution in [0, 0.1) is 0 Å². The number of nitrogens with one attached hydrogen (secondary N) is 2. The summed E-state index contributed by atoms with van der Waals surface area (Å²) >= 11 is 0. The zero-order valence-electron chi connectivity index (χ0n) is 15.9. The maximum atomic E-state index is 11.3. The number of pyridine rings is 1. The maximum absolute atomic E-state index is 11.3. The molecule has 0 radical (unpaired) electrons. The number of nitrogens with zero attached hydrogens (tertiary/aromatic N) is 1. The second-order valence-electron chi connectivity index (χ2n) is 6.30. The van der Waals surface area contributed by atoms with Gasteiger partial charge in [0.1, 0.15) is 6.10 Å². The summed E-state index contributed by atoms with van der Waals surface area (Å²) in [7, 11) is -3.22. The maximum Gasteiger partial charge on any atom is 0.213 e. The smallest absolute Gasteiger partial charge is 0.213 e. The van der Waals surface area contributed by atoms with Crippen LogP contribution in [-0.2, 0) is 16.6 Å². The molecule has 0 aliphatic rings. The third-order valence-corrected chi connectivity index (χ3v) is 4.73. The van der Waals surface area contributed by atoms with Gasteiger partial charge in [-0.15, -0.1) is 12.4 Å². The molecule has 0 aliphatic carbocycles. The minimum absolute atomic E-state index is 0. The molecule has 2 aromatic rings. The number of ether oxygens (including phenoxy) is 1. The van der Waals surface area contributed by atoms with Gasteiger partial charge in [-0.2, -0.15) is 0 Å². The summed E-state index contributed by atoms with van der Waals surface area (Å²) in [6, 6.07) is 13.3. The fourth-order valence-corrected chi connectivity index (χ4v) is 3.33. The van der Waals surface area contributed by atoms with Crippen molar-refractivity contribution in [1.82, 2.24) is 15.0 Å². The summed E-state index contributed by atoms with van der Waals surface area (Å²) in [5.74, 6) is 0.637. The first kappa shape index (κ1) is 23.4. The highest BCUT2D eigenvalue weighted by atomic mass is 35.5. The molecule has 1 aromatic carbocycles. The first-order chi connectivity index (χ1) is 12.4. The molecule has 27 heavy (non-hydrogen) atoms. The van der Waals surface area contributed by atoms with Crippen LogP contribution in [0.15, 0.2) is 48.7 Å². The lowest BCUT2D eigenvalue weighted by Crippen LogP contribution is -2.30. The lowest BCUT2D eigenvalue weighted by atomic mass is 10.1. The monoisotopic (exact) mass is 413 g/mol. The zero-order chi connectivity index (χ0) is 19.0. The summed E-state index contributed by atoms with van der Waals surface area (Å²) in [5.41, 5.74) is 2.07. The molecule has 0 aliphatic heterocycles. The fourth-order valence-electron chi connectivity index (χ4n) is 2.55. The van der Waals surface area contributed by atoms with E-state index in [1.165, 1.54) is 6.26 Å². The van der Waals surface area contributed by atoms with E-state index in [1.807, 2.05) is 49.4 Å². The van der Waals surface area contributed by atoms with Crippen LogP contribution in [0.3, 0.4) is 0 Å². The van der Waals surface area contributed by atoms with Gasteiger partial charge in [0.15, 0.2) is 0 Å². The van der Waals surface area contributed by atoms with E-state index in [9.17, 15) is 8.42 Å². The molecule has 150 valence electrons. The number of halogens is 1. The van der Waals surface area contributed by atoms with Crippen molar-refractivity contribution >= 4 is 22.4 Å². The Morgan fingerprint density at radius 3 is 2.41 bits per heavy atom. The van der Waals surface area contributed by atoms with Gasteiger partial charge in [-0.1, -0.05) is 37.3 Å². The molecule has 0 saturated heterocycles. The number of hydrogen-bond donors (Lipinski definition) is 2. The highest BCUT2D eigenvalue weighted by Gasteiger charge is 2.11. The van der Waals surface area contributed by atoms with E-state index < -0.39 is 10.0 Å². The zero-order valence-corrected chi connectivity index (χ0v) is 17.5. The van der Waals surface area contributed by atoms with Gasteiger partial charge < -0.3 is 10.1 Å². The number of sulfonamides is 1. The fraction of sp³-hybridized carbons (Fsp3) is 0.421. The molecular weight excluding hydrogens is 386 g/mol. The molecule has 0 fully saturated rings. The molecule has 0 amide bonds. The van der Waals surface area contributed by atoms with E-state index in [-0.39, 0.29) is 24.6 Å². The first-order valence-corrected chi connectivity index (χ1v) is 10.6. The third kappa shape index (κ3) is 8.71. The molecule has 1 aromatic heterocycles. The van der Waals surface area contributed by atoms with Crippen LogP contribution < -0.4 is 14.8 Å². The van der Waals surface area contributed by atoms with Crippen LogP contribution >= 0.6 is 12.4 Å². The van der Waals surface area contributed by atoms with Crippen LogP contribution in [0.2, 0.25) is 0 Å². The Morgan fingerprint density at radius 1 is 1.15 bits per heavy atom. The van der Waals surface area contributed by atoms with E-state index in [0.29, 0.717) is 5.88 Å². The number of benzene rings is 1. The molecule has 1 heterocycles. The predicted molar refractivity (Wildman–Crippen MR) is 111 cm³/mol. The van der Waals surface area contributed by atoms with E-state index in [0.717, 1.165) is 30.6 Å². The third-order valence-electron chi connectivity index (χ3n) is 3.95. The molecule has 2 atom stereocenters. The quantitative estimate of drug-likeness (QED) is 0.625. The summed E-state index contributed by atoms with van der Waals surface area (Å²) in [4.78, 5) is 4.19. The lowest BCUT2D eigenvalue weighted by molar-refractivity contribution is 0.185. The van der Waals surface area contributed by atoms with Crippen LogP contribution in [-0.4, -0.2) is 32.3 Å². The molecule has 6 nitrogen and oxygen atoms in total. The summed E-state index contributed by atoms with van der Waals surface area (Å²) in [6.07, 6.45) is 3.83. The Labute approximate surface area is 168 Å². The van der Waals surface area contributed by atoms with E-state index in [4.69, 9.17) is 4.74 Å². The van der Waals surface area contributed by atoms with Gasteiger partial charge in [0.2, 0.25) is 15.9 Å². The minimum Gasteiger partial charge on any atom is -0.473 e. The van der Waals surface area contributed by atoms with Gasteiger partial charge >= 0.3 is 0 Å². The average molecular weight is 414 g/mol. The van der Waals surface area contributed by atoms with Crippen molar-refractivity contribution < 1.29 is 13.2 Å². The van der Waals surface area contributed by atoms with Gasteiger partial charge in [0.05, 0.1) is 6.26 Å². The highest BCUT2D eigenvalue weighted by Crippen LogP contribution is 2.14. The number of aromatic nitrogens is 1. The van der Waals surface area contributed by atoms with Crippen molar-refractivity contribution in [3.63, 3.8) is 0 Å². The minimum atomic E-state index is -3.22. The summed E-state index contributed by atoms with van der Waals surface area (Å²) in [6.45, 7) is 5.35. The molecule has 0 spiro atoms. The van der Waals surface area contributed by atoms with Crippen molar-refractivity contribution in [3.8, 4) is 5.88 Å². The Kier molecular flexibility index (Phi) is 9.73. The van der Waals surface area contributed by atoms with Crippen molar-refractivity contribution in [3.05, 3.63) is 59.8 Å². The Hall–Kier alpha value is -1.67. The van der Waals surface area contributed by atoms with Gasteiger partial charge in [0.25, 0.3) is 0 Å². The van der Waals surface area contributed by atoms with Crippen molar-refractivity contribution in [2.45, 2.75) is 39.0 Å². The largest absolute Gasteiger partial charge is 0.473 e. The van der Waals surface area contributed by atoms with E-state index >= 15 is 0 Å². The normalized spacial score (nSPS) is 13.4. The van der Waals surface area contributed by atoms with Crippen molar-refractivity contribution in [2.24, 2.45) is 0 Å². The Morgan fingerprint density at radius 2 is 1.85 bits per heavy atom. The number of hydrogen-bond acceptors (Lipinski definition) is 5. The average Bonchev–Trinajstić information content (AvgIpc) is 2.61. The molecular formula is C19H28ClN3O3S. The molecule has 0 saturated carbocycles. The second-order valence-corrected chi connectivity index (χ2v) is 8.08. The molecule has 8 heteroatoms.